The second-order valence-electron chi connectivity index (χ2n) is 5.81. The van der Waals surface area contributed by atoms with E-state index in [1.54, 1.807) is 4.52 Å². The van der Waals surface area contributed by atoms with Gasteiger partial charge in [-0.15, -0.1) is 15.3 Å². The summed E-state index contributed by atoms with van der Waals surface area (Å²) in [6, 6.07) is 11.9. The van der Waals surface area contributed by atoms with Crippen LogP contribution in [0.2, 0.25) is 0 Å². The first kappa shape index (κ1) is 15.8. The molecule has 4 rings (SSSR count). The summed E-state index contributed by atoms with van der Waals surface area (Å²) in [5, 5.41) is 24.9. The van der Waals surface area contributed by atoms with Crippen molar-refractivity contribution in [3.05, 3.63) is 36.4 Å². The minimum atomic E-state index is 0.0533. The molecule has 0 bridgehead atoms. The first-order chi connectivity index (χ1) is 12.3. The molecular weight excluding hydrogens is 320 g/mol. The normalized spacial score (nSPS) is 14.8. The van der Waals surface area contributed by atoms with Crippen molar-refractivity contribution in [3.63, 3.8) is 0 Å². The number of anilines is 2. The largest absolute Gasteiger partial charge is 0.395 e. The average Bonchev–Trinajstić information content (AvgIpc) is 3.10. The van der Waals surface area contributed by atoms with Crippen LogP contribution >= 0.6 is 0 Å². The molecule has 1 aromatic carbocycles. The Morgan fingerprint density at radius 3 is 2.60 bits per heavy atom. The maximum atomic E-state index is 8.93. The summed E-state index contributed by atoms with van der Waals surface area (Å²) in [5.41, 5.74) is 2.82. The van der Waals surface area contributed by atoms with Gasteiger partial charge in [-0.05, 0) is 36.4 Å². The van der Waals surface area contributed by atoms with Crippen molar-refractivity contribution >= 4 is 17.2 Å². The molecule has 1 fully saturated rings. The molecule has 0 atom stereocenters. The zero-order chi connectivity index (χ0) is 17.1. The van der Waals surface area contributed by atoms with Crippen molar-refractivity contribution in [1.29, 1.82) is 0 Å². The summed E-state index contributed by atoms with van der Waals surface area (Å²) in [4.78, 5) is 2.31. The average molecular weight is 340 g/mol. The van der Waals surface area contributed by atoms with Gasteiger partial charge < -0.3 is 20.1 Å². The van der Waals surface area contributed by atoms with Gasteiger partial charge in [0.25, 0.3) is 0 Å². The summed E-state index contributed by atoms with van der Waals surface area (Å²) >= 11 is 0. The summed E-state index contributed by atoms with van der Waals surface area (Å²) < 4.78 is 7.11. The molecule has 3 aromatic rings. The Bertz CT molecular complexity index is 842. The van der Waals surface area contributed by atoms with Gasteiger partial charge in [-0.1, -0.05) is 0 Å². The Balaban J connectivity index is 1.62. The van der Waals surface area contributed by atoms with Gasteiger partial charge in [-0.3, -0.25) is 0 Å². The number of aliphatic hydroxyl groups is 1. The first-order valence-electron chi connectivity index (χ1n) is 8.35. The lowest BCUT2D eigenvalue weighted by molar-refractivity contribution is 0.122. The van der Waals surface area contributed by atoms with Crippen LogP contribution in [-0.4, -0.2) is 64.4 Å². The van der Waals surface area contributed by atoms with Crippen molar-refractivity contribution < 1.29 is 9.84 Å². The zero-order valence-corrected chi connectivity index (χ0v) is 13.8. The van der Waals surface area contributed by atoms with E-state index in [-0.39, 0.29) is 6.61 Å². The second kappa shape index (κ2) is 7.04. The van der Waals surface area contributed by atoms with E-state index in [1.165, 1.54) is 5.69 Å². The highest BCUT2D eigenvalue weighted by Crippen LogP contribution is 2.23. The maximum Gasteiger partial charge on any atom is 0.185 e. The fourth-order valence-electron chi connectivity index (χ4n) is 2.89. The summed E-state index contributed by atoms with van der Waals surface area (Å²) in [6.07, 6.45) is 0. The molecule has 1 saturated heterocycles. The van der Waals surface area contributed by atoms with Gasteiger partial charge in [0.05, 0.1) is 19.8 Å². The lowest BCUT2D eigenvalue weighted by atomic mass is 10.2. The molecule has 2 N–H and O–H groups in total. The SMILES string of the molecule is OCCNc1ccc2nnc(-c3ccc(N4CCOCC4)cc3)n2n1. The highest BCUT2D eigenvalue weighted by Gasteiger charge is 2.13. The Kier molecular flexibility index (Phi) is 4.45. The predicted molar refractivity (Wildman–Crippen MR) is 94.8 cm³/mol. The Labute approximate surface area is 145 Å². The van der Waals surface area contributed by atoms with E-state index < -0.39 is 0 Å². The van der Waals surface area contributed by atoms with E-state index in [9.17, 15) is 0 Å². The number of fused-ring (bicyclic) bond motifs is 1. The highest BCUT2D eigenvalue weighted by atomic mass is 16.5. The molecule has 8 nitrogen and oxygen atoms in total. The molecular formula is C17H20N6O2. The van der Waals surface area contributed by atoms with Crippen LogP contribution in [0.3, 0.4) is 0 Å². The van der Waals surface area contributed by atoms with Crippen LogP contribution in [0.25, 0.3) is 17.0 Å². The van der Waals surface area contributed by atoms with E-state index in [2.05, 4.69) is 37.6 Å². The molecule has 8 heteroatoms. The smallest absolute Gasteiger partial charge is 0.185 e. The third-order valence-corrected chi connectivity index (χ3v) is 4.18. The number of ether oxygens (including phenoxy) is 1. The molecule has 0 radical (unpaired) electrons. The molecule has 0 spiro atoms. The topological polar surface area (TPSA) is 87.8 Å². The van der Waals surface area contributed by atoms with Gasteiger partial charge in [0.1, 0.15) is 5.82 Å². The van der Waals surface area contributed by atoms with Crippen molar-refractivity contribution in [2.24, 2.45) is 0 Å². The third kappa shape index (κ3) is 3.26. The van der Waals surface area contributed by atoms with E-state index in [1.807, 2.05) is 24.3 Å². The molecule has 0 amide bonds. The minimum absolute atomic E-state index is 0.0533. The monoisotopic (exact) mass is 340 g/mol. The first-order valence-corrected chi connectivity index (χ1v) is 8.35. The molecule has 25 heavy (non-hydrogen) atoms. The van der Waals surface area contributed by atoms with Gasteiger partial charge in [-0.25, -0.2) is 0 Å². The molecule has 0 aliphatic carbocycles. The molecule has 0 unspecified atom stereocenters. The number of benzene rings is 1. The summed E-state index contributed by atoms with van der Waals surface area (Å²) in [6.45, 7) is 3.86. The van der Waals surface area contributed by atoms with Crippen LogP contribution in [0.4, 0.5) is 11.5 Å². The predicted octanol–water partition coefficient (Wildman–Crippen LogP) is 1.03. The number of aliphatic hydroxyl groups excluding tert-OH is 1. The number of nitrogens with one attached hydrogen (secondary N) is 1. The molecule has 130 valence electrons. The lowest BCUT2D eigenvalue weighted by Crippen LogP contribution is -2.36. The van der Waals surface area contributed by atoms with Crippen molar-refractivity contribution in [2.45, 2.75) is 0 Å². The lowest BCUT2D eigenvalue weighted by Gasteiger charge is -2.28. The summed E-state index contributed by atoms with van der Waals surface area (Å²) in [7, 11) is 0. The number of morpholine rings is 1. The van der Waals surface area contributed by atoms with Gasteiger partial charge in [0.15, 0.2) is 11.5 Å². The molecule has 0 saturated carbocycles. The molecule has 1 aliphatic heterocycles. The zero-order valence-electron chi connectivity index (χ0n) is 13.8. The van der Waals surface area contributed by atoms with E-state index in [0.717, 1.165) is 31.9 Å². The van der Waals surface area contributed by atoms with Crippen LogP contribution in [0.5, 0.6) is 0 Å². The fraction of sp³-hybridized carbons (Fsp3) is 0.353. The second-order valence-corrected chi connectivity index (χ2v) is 5.81. The van der Waals surface area contributed by atoms with Gasteiger partial charge in [-0.2, -0.15) is 4.52 Å². The number of nitrogens with zero attached hydrogens (tertiary/aromatic N) is 5. The van der Waals surface area contributed by atoms with Crippen LogP contribution < -0.4 is 10.2 Å². The van der Waals surface area contributed by atoms with Crippen molar-refractivity contribution in [2.75, 3.05) is 49.7 Å². The van der Waals surface area contributed by atoms with Gasteiger partial charge in [0.2, 0.25) is 0 Å². The minimum Gasteiger partial charge on any atom is -0.395 e. The van der Waals surface area contributed by atoms with Crippen LogP contribution in [0.15, 0.2) is 36.4 Å². The van der Waals surface area contributed by atoms with Crippen molar-refractivity contribution in [3.8, 4) is 11.4 Å². The van der Waals surface area contributed by atoms with Gasteiger partial charge in [0, 0.05) is 30.9 Å². The number of hydrogen-bond donors (Lipinski definition) is 2. The quantitative estimate of drug-likeness (QED) is 0.717. The number of aromatic nitrogens is 4. The number of hydrogen-bond acceptors (Lipinski definition) is 7. The standard InChI is InChI=1S/C17H20N6O2/c24-10-7-18-15-5-6-16-19-20-17(23(16)21-15)13-1-3-14(4-2-13)22-8-11-25-12-9-22/h1-6,24H,7-12H2,(H,18,21). The van der Waals surface area contributed by atoms with E-state index >= 15 is 0 Å². The Morgan fingerprint density at radius 2 is 1.84 bits per heavy atom. The van der Waals surface area contributed by atoms with Crippen molar-refractivity contribution in [1.82, 2.24) is 19.8 Å². The van der Waals surface area contributed by atoms with Crippen LogP contribution in [0, 0.1) is 0 Å². The van der Waals surface area contributed by atoms with E-state index in [0.29, 0.717) is 23.8 Å². The van der Waals surface area contributed by atoms with Crippen LogP contribution in [0.1, 0.15) is 0 Å². The summed E-state index contributed by atoms with van der Waals surface area (Å²) in [5.74, 6) is 1.36. The van der Waals surface area contributed by atoms with E-state index in [4.69, 9.17) is 9.84 Å². The molecule has 3 heterocycles. The Morgan fingerprint density at radius 1 is 1.04 bits per heavy atom. The van der Waals surface area contributed by atoms with Gasteiger partial charge >= 0.3 is 0 Å². The molecule has 2 aromatic heterocycles. The van der Waals surface area contributed by atoms with Crippen LogP contribution in [-0.2, 0) is 4.74 Å². The third-order valence-electron chi connectivity index (χ3n) is 4.18. The fourth-order valence-corrected chi connectivity index (χ4v) is 2.89. The number of rotatable bonds is 5. The molecule has 1 aliphatic rings. The Hall–Kier alpha value is -2.71. The highest BCUT2D eigenvalue weighted by molar-refractivity contribution is 5.63. The maximum absolute atomic E-state index is 8.93.